The topological polar surface area (TPSA) is 62.6 Å². The van der Waals surface area contributed by atoms with Crippen LogP contribution in [0.15, 0.2) is 69.1 Å². The molecule has 0 saturated carbocycles. The SMILES string of the molecule is Cc1cc(Br)ccc1N1C(=O)/C(=C/c2ccc(-c3ccc(Cl)cc3)o2)C(=O)NC1=S. The molecular weight excluding hydrogens is 488 g/mol. The Morgan fingerprint density at radius 2 is 1.83 bits per heavy atom. The van der Waals surface area contributed by atoms with E-state index in [4.69, 9.17) is 28.2 Å². The van der Waals surface area contributed by atoms with Gasteiger partial charge >= 0.3 is 0 Å². The Morgan fingerprint density at radius 3 is 2.53 bits per heavy atom. The third kappa shape index (κ3) is 3.96. The summed E-state index contributed by atoms with van der Waals surface area (Å²) >= 11 is 14.6. The number of thiocarbonyl (C=S) groups is 1. The molecule has 0 aliphatic carbocycles. The Morgan fingerprint density at radius 1 is 1.10 bits per heavy atom. The van der Waals surface area contributed by atoms with Crippen molar-refractivity contribution in [1.29, 1.82) is 0 Å². The molecule has 5 nitrogen and oxygen atoms in total. The zero-order chi connectivity index (χ0) is 21.4. The van der Waals surface area contributed by atoms with Gasteiger partial charge in [0.2, 0.25) is 0 Å². The lowest BCUT2D eigenvalue weighted by Crippen LogP contribution is -2.54. The Bertz CT molecular complexity index is 1220. The summed E-state index contributed by atoms with van der Waals surface area (Å²) in [5.41, 5.74) is 2.19. The van der Waals surface area contributed by atoms with Crippen molar-refractivity contribution in [2.75, 3.05) is 4.90 Å². The van der Waals surface area contributed by atoms with E-state index in [-0.39, 0.29) is 10.7 Å². The van der Waals surface area contributed by atoms with Crippen molar-refractivity contribution in [2.24, 2.45) is 0 Å². The Kier molecular flexibility index (Phi) is 5.60. The van der Waals surface area contributed by atoms with Crippen molar-refractivity contribution >= 4 is 68.4 Å². The minimum Gasteiger partial charge on any atom is -0.457 e. The number of anilines is 1. The average molecular weight is 502 g/mol. The first-order valence-corrected chi connectivity index (χ1v) is 10.4. The van der Waals surface area contributed by atoms with Gasteiger partial charge < -0.3 is 4.42 Å². The van der Waals surface area contributed by atoms with Gasteiger partial charge in [-0.05, 0) is 85.4 Å². The average Bonchev–Trinajstić information content (AvgIpc) is 3.16. The molecule has 1 aliphatic rings. The molecule has 0 atom stereocenters. The predicted molar refractivity (Wildman–Crippen MR) is 124 cm³/mol. The molecule has 4 rings (SSSR count). The van der Waals surface area contributed by atoms with Crippen molar-refractivity contribution in [3.63, 3.8) is 0 Å². The first kappa shape index (κ1) is 20.5. The highest BCUT2D eigenvalue weighted by atomic mass is 79.9. The quantitative estimate of drug-likeness (QED) is 0.292. The number of carbonyl (C=O) groups is 2. The van der Waals surface area contributed by atoms with E-state index in [0.717, 1.165) is 15.6 Å². The van der Waals surface area contributed by atoms with Gasteiger partial charge in [-0.2, -0.15) is 0 Å². The van der Waals surface area contributed by atoms with E-state index in [2.05, 4.69) is 21.2 Å². The Labute approximate surface area is 191 Å². The number of benzene rings is 2. The third-order valence-electron chi connectivity index (χ3n) is 4.54. The molecule has 0 bridgehead atoms. The van der Waals surface area contributed by atoms with E-state index in [1.165, 1.54) is 11.0 Å². The van der Waals surface area contributed by atoms with Crippen molar-refractivity contribution < 1.29 is 14.0 Å². The molecule has 0 radical (unpaired) electrons. The fourth-order valence-electron chi connectivity index (χ4n) is 3.09. The molecule has 150 valence electrons. The van der Waals surface area contributed by atoms with Crippen LogP contribution < -0.4 is 10.2 Å². The summed E-state index contributed by atoms with van der Waals surface area (Å²) in [7, 11) is 0. The van der Waals surface area contributed by atoms with Gasteiger partial charge in [0.05, 0.1) is 5.69 Å². The van der Waals surface area contributed by atoms with Crippen LogP contribution in [0.3, 0.4) is 0 Å². The standard InChI is InChI=1S/C22H14BrClN2O3S/c1-12-10-14(23)4-8-18(12)26-21(28)17(20(27)25-22(26)30)11-16-7-9-19(29-16)13-2-5-15(24)6-3-13/h2-11H,1H3,(H,25,27,30)/b17-11+. The number of furan rings is 1. The van der Waals surface area contributed by atoms with Gasteiger partial charge in [0.15, 0.2) is 5.11 Å². The second-order valence-corrected chi connectivity index (χ2v) is 8.34. The molecule has 2 amide bonds. The summed E-state index contributed by atoms with van der Waals surface area (Å²) in [5, 5.41) is 3.23. The van der Waals surface area contributed by atoms with Crippen LogP contribution in [0.4, 0.5) is 5.69 Å². The first-order chi connectivity index (χ1) is 14.3. The summed E-state index contributed by atoms with van der Waals surface area (Å²) in [6.45, 7) is 1.86. The Hall–Kier alpha value is -2.74. The van der Waals surface area contributed by atoms with Gasteiger partial charge in [-0.15, -0.1) is 0 Å². The monoisotopic (exact) mass is 500 g/mol. The Balaban J connectivity index is 1.68. The first-order valence-electron chi connectivity index (χ1n) is 8.87. The number of amides is 2. The minimum absolute atomic E-state index is 0.0360. The summed E-state index contributed by atoms with van der Waals surface area (Å²) in [5.74, 6) is -0.115. The molecule has 1 aliphatic heterocycles. The number of rotatable bonds is 3. The van der Waals surface area contributed by atoms with Crippen molar-refractivity contribution in [3.05, 3.63) is 81.0 Å². The van der Waals surface area contributed by atoms with Crippen molar-refractivity contribution in [2.45, 2.75) is 6.92 Å². The van der Waals surface area contributed by atoms with Crippen LogP contribution >= 0.6 is 39.7 Å². The highest BCUT2D eigenvalue weighted by molar-refractivity contribution is 9.10. The molecule has 0 spiro atoms. The number of hydrogen-bond acceptors (Lipinski definition) is 4. The number of hydrogen-bond donors (Lipinski definition) is 1. The van der Waals surface area contributed by atoms with E-state index >= 15 is 0 Å². The maximum Gasteiger partial charge on any atom is 0.270 e. The van der Waals surface area contributed by atoms with Crippen LogP contribution in [0.1, 0.15) is 11.3 Å². The van der Waals surface area contributed by atoms with Gasteiger partial charge in [-0.3, -0.25) is 19.8 Å². The van der Waals surface area contributed by atoms with Crippen LogP contribution in [-0.4, -0.2) is 16.9 Å². The van der Waals surface area contributed by atoms with E-state index < -0.39 is 11.8 Å². The number of carbonyl (C=O) groups excluding carboxylic acids is 2. The maximum atomic E-state index is 13.1. The molecule has 3 aromatic rings. The predicted octanol–water partition coefficient (Wildman–Crippen LogP) is 5.50. The molecule has 30 heavy (non-hydrogen) atoms. The normalized spacial score (nSPS) is 15.6. The lowest BCUT2D eigenvalue weighted by Gasteiger charge is -2.29. The zero-order valence-corrected chi connectivity index (χ0v) is 18.8. The fraction of sp³-hybridized carbons (Fsp3) is 0.0455. The largest absolute Gasteiger partial charge is 0.457 e. The third-order valence-corrected chi connectivity index (χ3v) is 5.57. The molecule has 1 saturated heterocycles. The number of halogens is 2. The summed E-state index contributed by atoms with van der Waals surface area (Å²) in [6.07, 6.45) is 1.42. The second-order valence-electron chi connectivity index (χ2n) is 6.60. The van der Waals surface area contributed by atoms with Crippen LogP contribution in [0.25, 0.3) is 17.4 Å². The molecule has 8 heteroatoms. The smallest absolute Gasteiger partial charge is 0.270 e. The second kappa shape index (κ2) is 8.18. The molecular formula is C22H14BrClN2O3S. The van der Waals surface area contributed by atoms with E-state index in [1.54, 1.807) is 30.3 Å². The van der Waals surface area contributed by atoms with Crippen molar-refractivity contribution in [3.8, 4) is 11.3 Å². The zero-order valence-electron chi connectivity index (χ0n) is 15.6. The van der Waals surface area contributed by atoms with Crippen LogP contribution in [0, 0.1) is 6.92 Å². The molecule has 1 fully saturated rings. The molecule has 0 unspecified atom stereocenters. The van der Waals surface area contributed by atoms with Crippen LogP contribution in [-0.2, 0) is 9.59 Å². The fourth-order valence-corrected chi connectivity index (χ4v) is 3.96. The lowest BCUT2D eigenvalue weighted by molar-refractivity contribution is -0.122. The van der Waals surface area contributed by atoms with Crippen molar-refractivity contribution in [1.82, 2.24) is 5.32 Å². The van der Waals surface area contributed by atoms with Gasteiger partial charge in [0.1, 0.15) is 17.1 Å². The van der Waals surface area contributed by atoms with E-state index in [9.17, 15) is 9.59 Å². The number of nitrogens with zero attached hydrogens (tertiary/aromatic N) is 1. The number of aryl methyl sites for hydroxylation is 1. The summed E-state index contributed by atoms with van der Waals surface area (Å²) in [4.78, 5) is 26.9. The van der Waals surface area contributed by atoms with Crippen LogP contribution in [0.2, 0.25) is 5.02 Å². The summed E-state index contributed by atoms with van der Waals surface area (Å²) < 4.78 is 6.69. The van der Waals surface area contributed by atoms with Gasteiger partial charge in [0, 0.05) is 15.1 Å². The minimum atomic E-state index is -0.569. The number of nitrogens with one attached hydrogen (secondary N) is 1. The molecule has 2 aromatic carbocycles. The molecule has 2 heterocycles. The van der Waals surface area contributed by atoms with E-state index in [1.807, 2.05) is 31.2 Å². The lowest BCUT2D eigenvalue weighted by atomic mass is 10.1. The highest BCUT2D eigenvalue weighted by Gasteiger charge is 2.35. The van der Waals surface area contributed by atoms with Gasteiger partial charge in [-0.1, -0.05) is 27.5 Å². The van der Waals surface area contributed by atoms with E-state index in [0.29, 0.717) is 22.2 Å². The van der Waals surface area contributed by atoms with Crippen LogP contribution in [0.5, 0.6) is 0 Å². The van der Waals surface area contributed by atoms with Gasteiger partial charge in [-0.25, -0.2) is 0 Å². The van der Waals surface area contributed by atoms with Gasteiger partial charge in [0.25, 0.3) is 11.8 Å². The molecule has 1 aromatic heterocycles. The maximum absolute atomic E-state index is 13.1. The summed E-state index contributed by atoms with van der Waals surface area (Å²) in [6, 6.07) is 16.1. The molecule has 1 N–H and O–H groups in total. The highest BCUT2D eigenvalue weighted by Crippen LogP contribution is 2.29.